The van der Waals surface area contributed by atoms with Gasteiger partial charge in [-0.3, -0.25) is 4.79 Å². The van der Waals surface area contributed by atoms with Gasteiger partial charge in [0.25, 0.3) is 5.91 Å². The van der Waals surface area contributed by atoms with Crippen LogP contribution in [0.25, 0.3) is 22.1 Å². The van der Waals surface area contributed by atoms with Gasteiger partial charge in [-0.05, 0) is 49.6 Å². The van der Waals surface area contributed by atoms with Crippen LogP contribution in [0.5, 0.6) is 0 Å². The smallest absolute Gasteiger partial charge is 0.290 e. The molecule has 1 aromatic carbocycles. The van der Waals surface area contributed by atoms with E-state index < -0.39 is 0 Å². The molecule has 0 saturated heterocycles. The summed E-state index contributed by atoms with van der Waals surface area (Å²) in [5, 5.41) is 7.27. The van der Waals surface area contributed by atoms with Crippen molar-refractivity contribution in [1.82, 2.24) is 25.4 Å². The molecule has 7 nitrogen and oxygen atoms in total. The number of imidazole rings is 1. The highest BCUT2D eigenvalue weighted by molar-refractivity contribution is 6.02. The van der Waals surface area contributed by atoms with E-state index >= 15 is 0 Å². The third kappa shape index (κ3) is 2.92. The number of aryl methyl sites for hydroxylation is 3. The monoisotopic (exact) mass is 349 g/mol. The van der Waals surface area contributed by atoms with Crippen LogP contribution in [0.15, 0.2) is 35.0 Å². The fraction of sp³-hybridized carbons (Fsp3) is 0.263. The van der Waals surface area contributed by atoms with Gasteiger partial charge in [0.2, 0.25) is 11.4 Å². The zero-order valence-electron chi connectivity index (χ0n) is 14.7. The van der Waals surface area contributed by atoms with Gasteiger partial charge in [-0.25, -0.2) is 9.97 Å². The van der Waals surface area contributed by atoms with E-state index in [1.807, 2.05) is 0 Å². The van der Waals surface area contributed by atoms with Gasteiger partial charge in [0.05, 0.1) is 16.4 Å². The first-order valence-electron chi connectivity index (χ1n) is 8.57. The van der Waals surface area contributed by atoms with Gasteiger partial charge in [0, 0.05) is 19.2 Å². The maximum absolute atomic E-state index is 12.3. The number of H-pyrrole nitrogens is 1. The predicted octanol–water partition coefficient (Wildman–Crippen LogP) is 3.08. The van der Waals surface area contributed by atoms with Gasteiger partial charge < -0.3 is 14.8 Å². The van der Waals surface area contributed by atoms with Crippen LogP contribution >= 0.6 is 0 Å². The molecule has 3 aromatic heterocycles. The van der Waals surface area contributed by atoms with Crippen LogP contribution in [-0.2, 0) is 6.42 Å². The number of nitrogens with one attached hydrogen (secondary N) is 2. The lowest BCUT2D eigenvalue weighted by Gasteiger charge is -2.01. The fourth-order valence-corrected chi connectivity index (χ4v) is 2.97. The highest BCUT2D eigenvalue weighted by atomic mass is 16.5. The van der Waals surface area contributed by atoms with E-state index in [-0.39, 0.29) is 11.7 Å². The van der Waals surface area contributed by atoms with Gasteiger partial charge in [-0.1, -0.05) is 11.2 Å². The minimum atomic E-state index is -0.281. The van der Waals surface area contributed by atoms with Crippen molar-refractivity contribution in [3.8, 4) is 0 Å². The Morgan fingerprint density at radius 3 is 3.04 bits per heavy atom. The summed E-state index contributed by atoms with van der Waals surface area (Å²) < 4.78 is 5.11. The Balaban J connectivity index is 1.36. The first kappa shape index (κ1) is 16.3. The molecule has 1 amide bonds. The van der Waals surface area contributed by atoms with Gasteiger partial charge in [-0.15, -0.1) is 0 Å². The van der Waals surface area contributed by atoms with Crippen LogP contribution in [0, 0.1) is 13.8 Å². The van der Waals surface area contributed by atoms with Gasteiger partial charge in [-0.2, -0.15) is 0 Å². The standard InChI is InChI=1S/C19H19N5O2/c1-11-7-8-14-16(12(11)2)23-15(22-14)6-4-10-21-19(25)17-13-5-3-9-20-18(13)24-26-17/h3,5,7-9H,4,6,10H2,1-2H3,(H,21,25)(H,22,23). The van der Waals surface area contributed by atoms with E-state index in [1.165, 1.54) is 11.1 Å². The molecule has 2 N–H and O–H groups in total. The van der Waals surface area contributed by atoms with Crippen molar-refractivity contribution in [2.24, 2.45) is 0 Å². The van der Waals surface area contributed by atoms with Crippen LogP contribution in [0.1, 0.15) is 33.9 Å². The molecule has 0 aliphatic rings. The lowest BCUT2D eigenvalue weighted by Crippen LogP contribution is -2.24. The minimum Gasteiger partial charge on any atom is -0.349 e. The van der Waals surface area contributed by atoms with Crippen molar-refractivity contribution in [2.45, 2.75) is 26.7 Å². The first-order valence-corrected chi connectivity index (χ1v) is 8.57. The van der Waals surface area contributed by atoms with E-state index in [0.717, 1.165) is 29.7 Å². The third-order valence-corrected chi connectivity index (χ3v) is 4.56. The summed E-state index contributed by atoms with van der Waals surface area (Å²) in [6.45, 7) is 4.69. The lowest BCUT2D eigenvalue weighted by atomic mass is 10.1. The maximum atomic E-state index is 12.3. The molecular formula is C19H19N5O2. The maximum Gasteiger partial charge on any atom is 0.290 e. The molecule has 0 aliphatic carbocycles. The summed E-state index contributed by atoms with van der Waals surface area (Å²) in [6.07, 6.45) is 3.14. The Bertz CT molecular complexity index is 1100. The number of fused-ring (bicyclic) bond motifs is 2. The lowest BCUT2D eigenvalue weighted by molar-refractivity contribution is 0.0919. The Hall–Kier alpha value is -3.22. The molecular weight excluding hydrogens is 330 g/mol. The van der Waals surface area contributed by atoms with E-state index in [2.05, 4.69) is 51.4 Å². The molecule has 4 aromatic rings. The van der Waals surface area contributed by atoms with Gasteiger partial charge in [0.1, 0.15) is 5.82 Å². The quantitative estimate of drug-likeness (QED) is 0.540. The minimum absolute atomic E-state index is 0.197. The van der Waals surface area contributed by atoms with E-state index in [4.69, 9.17) is 4.52 Å². The molecule has 26 heavy (non-hydrogen) atoms. The summed E-state index contributed by atoms with van der Waals surface area (Å²) in [5.41, 5.74) is 4.93. The molecule has 0 bridgehead atoms. The van der Waals surface area contributed by atoms with Crippen molar-refractivity contribution in [3.63, 3.8) is 0 Å². The largest absolute Gasteiger partial charge is 0.349 e. The highest BCUT2D eigenvalue weighted by Gasteiger charge is 2.16. The predicted molar refractivity (Wildman–Crippen MR) is 98.0 cm³/mol. The van der Waals surface area contributed by atoms with Crippen molar-refractivity contribution in [2.75, 3.05) is 6.54 Å². The number of pyridine rings is 1. The van der Waals surface area contributed by atoms with Gasteiger partial charge in [0.15, 0.2) is 0 Å². The molecule has 0 unspecified atom stereocenters. The normalized spacial score (nSPS) is 11.3. The SMILES string of the molecule is Cc1ccc2[nH]c(CCCNC(=O)c3onc4ncccc34)nc2c1C. The highest BCUT2D eigenvalue weighted by Crippen LogP contribution is 2.20. The van der Waals surface area contributed by atoms with Crippen molar-refractivity contribution in [3.05, 3.63) is 53.2 Å². The van der Waals surface area contributed by atoms with Crippen molar-refractivity contribution < 1.29 is 9.32 Å². The summed E-state index contributed by atoms with van der Waals surface area (Å²) >= 11 is 0. The second-order valence-electron chi connectivity index (χ2n) is 6.33. The summed E-state index contributed by atoms with van der Waals surface area (Å²) in [6, 6.07) is 7.67. The van der Waals surface area contributed by atoms with Crippen molar-refractivity contribution in [1.29, 1.82) is 0 Å². The van der Waals surface area contributed by atoms with E-state index in [9.17, 15) is 4.79 Å². The number of benzene rings is 1. The molecule has 0 saturated carbocycles. The van der Waals surface area contributed by atoms with Crippen LogP contribution in [0.3, 0.4) is 0 Å². The first-order chi connectivity index (χ1) is 12.6. The molecule has 4 rings (SSSR count). The number of carbonyl (C=O) groups is 1. The van der Waals surface area contributed by atoms with Gasteiger partial charge >= 0.3 is 0 Å². The molecule has 0 fully saturated rings. The fourth-order valence-electron chi connectivity index (χ4n) is 2.97. The number of hydrogen-bond acceptors (Lipinski definition) is 5. The Kier molecular flexibility index (Phi) is 4.12. The van der Waals surface area contributed by atoms with Crippen LogP contribution in [-0.4, -0.2) is 32.6 Å². The Morgan fingerprint density at radius 1 is 1.27 bits per heavy atom. The molecule has 132 valence electrons. The Labute approximate surface area is 149 Å². The Morgan fingerprint density at radius 2 is 2.15 bits per heavy atom. The number of hydrogen-bond donors (Lipinski definition) is 2. The topological polar surface area (TPSA) is 96.7 Å². The number of aromatic amines is 1. The molecule has 3 heterocycles. The zero-order chi connectivity index (χ0) is 18.1. The zero-order valence-corrected chi connectivity index (χ0v) is 14.7. The summed E-state index contributed by atoms with van der Waals surface area (Å²) in [7, 11) is 0. The van der Waals surface area contributed by atoms with E-state index in [0.29, 0.717) is 17.6 Å². The number of rotatable bonds is 5. The van der Waals surface area contributed by atoms with Crippen LogP contribution in [0.4, 0.5) is 0 Å². The molecule has 0 aliphatic heterocycles. The average Bonchev–Trinajstić information content (AvgIpc) is 3.26. The summed E-state index contributed by atoms with van der Waals surface area (Å²) in [5.74, 6) is 0.844. The van der Waals surface area contributed by atoms with E-state index in [1.54, 1.807) is 18.3 Å². The second kappa shape index (κ2) is 6.59. The molecule has 7 heteroatoms. The third-order valence-electron chi connectivity index (χ3n) is 4.56. The summed E-state index contributed by atoms with van der Waals surface area (Å²) in [4.78, 5) is 24.3. The van der Waals surface area contributed by atoms with Crippen molar-refractivity contribution >= 4 is 28.0 Å². The number of nitrogens with zero attached hydrogens (tertiary/aromatic N) is 3. The molecule has 0 spiro atoms. The molecule has 0 atom stereocenters. The number of aromatic nitrogens is 4. The van der Waals surface area contributed by atoms with Crippen LogP contribution in [0.2, 0.25) is 0 Å². The van der Waals surface area contributed by atoms with Crippen LogP contribution < -0.4 is 5.32 Å². The molecule has 0 radical (unpaired) electrons. The number of amides is 1. The number of carbonyl (C=O) groups excluding carboxylic acids is 1. The second-order valence-corrected chi connectivity index (χ2v) is 6.33. The average molecular weight is 349 g/mol.